The zero-order chi connectivity index (χ0) is 15.6. The van der Waals surface area contributed by atoms with Gasteiger partial charge in [-0.15, -0.1) is 0 Å². The fourth-order valence-corrected chi connectivity index (χ4v) is 2.43. The Morgan fingerprint density at radius 2 is 1.62 bits per heavy atom. The van der Waals surface area contributed by atoms with Crippen molar-refractivity contribution in [1.29, 1.82) is 0 Å². The van der Waals surface area contributed by atoms with Crippen LogP contribution in [0.1, 0.15) is 37.0 Å². The van der Waals surface area contributed by atoms with E-state index in [-0.39, 0.29) is 48.2 Å². The van der Waals surface area contributed by atoms with E-state index in [9.17, 15) is 18.8 Å². The number of Topliss-reactive ketones (excluding diaryl/α,β-unsaturated/α-hetero) is 1. The highest BCUT2D eigenvalue weighted by molar-refractivity contribution is 6.04. The number of halogens is 1. The van der Waals surface area contributed by atoms with E-state index in [2.05, 4.69) is 0 Å². The summed E-state index contributed by atoms with van der Waals surface area (Å²) < 4.78 is 12.8. The number of carbonyl (C=O) groups excluding carboxylic acids is 3. The molecule has 5 heteroatoms. The largest absolute Gasteiger partial charge is 0.294 e. The lowest BCUT2D eigenvalue weighted by atomic mass is 10.00. The molecule has 1 aromatic carbocycles. The predicted molar refractivity (Wildman–Crippen MR) is 75.0 cm³/mol. The van der Waals surface area contributed by atoms with Crippen LogP contribution in [-0.2, 0) is 9.59 Å². The van der Waals surface area contributed by atoms with E-state index in [1.54, 1.807) is 13.8 Å². The molecular formula is C16H18FNO3. The Hall–Kier alpha value is -2.04. The lowest BCUT2D eigenvalue weighted by Gasteiger charge is -2.13. The number of benzene rings is 1. The topological polar surface area (TPSA) is 54.5 Å². The molecule has 0 bridgehead atoms. The van der Waals surface area contributed by atoms with Crippen LogP contribution < -0.4 is 0 Å². The standard InChI is InChI=1S/C16H18FNO3/c1-10-11(2)16(21)18(15(10)20)9-3-4-14(19)12-5-7-13(17)8-6-12/h5-8,10-11H,3-4,9H2,1-2H3. The molecule has 0 aliphatic carbocycles. The quantitative estimate of drug-likeness (QED) is 0.618. The first kappa shape index (κ1) is 15.4. The number of hydrogen-bond acceptors (Lipinski definition) is 3. The van der Waals surface area contributed by atoms with Crippen LogP contribution in [0.5, 0.6) is 0 Å². The summed E-state index contributed by atoms with van der Waals surface area (Å²) in [5.41, 5.74) is 0.442. The van der Waals surface area contributed by atoms with Gasteiger partial charge in [-0.2, -0.15) is 0 Å². The second-order valence-electron chi connectivity index (χ2n) is 5.44. The van der Waals surface area contributed by atoms with E-state index in [1.807, 2.05) is 0 Å². The van der Waals surface area contributed by atoms with Crippen LogP contribution in [0, 0.1) is 17.7 Å². The third-order valence-corrected chi connectivity index (χ3v) is 4.01. The maximum atomic E-state index is 12.8. The van der Waals surface area contributed by atoms with Crippen LogP contribution >= 0.6 is 0 Å². The van der Waals surface area contributed by atoms with Crippen molar-refractivity contribution in [2.24, 2.45) is 11.8 Å². The fraction of sp³-hybridized carbons (Fsp3) is 0.438. The maximum Gasteiger partial charge on any atom is 0.232 e. The molecule has 1 aliphatic rings. The molecule has 1 saturated heterocycles. The third-order valence-electron chi connectivity index (χ3n) is 4.01. The first-order valence-electron chi connectivity index (χ1n) is 7.06. The van der Waals surface area contributed by atoms with Crippen LogP contribution in [-0.4, -0.2) is 29.0 Å². The SMILES string of the molecule is CC1C(=O)N(CCCC(=O)c2ccc(F)cc2)C(=O)C1C. The van der Waals surface area contributed by atoms with E-state index in [0.29, 0.717) is 12.0 Å². The number of imide groups is 1. The normalized spacial score (nSPS) is 22.0. The van der Waals surface area contributed by atoms with E-state index in [1.165, 1.54) is 29.2 Å². The average molecular weight is 291 g/mol. The Balaban J connectivity index is 1.87. The lowest BCUT2D eigenvalue weighted by molar-refractivity contribution is -0.139. The zero-order valence-corrected chi connectivity index (χ0v) is 12.1. The van der Waals surface area contributed by atoms with E-state index in [4.69, 9.17) is 0 Å². The maximum absolute atomic E-state index is 12.8. The van der Waals surface area contributed by atoms with Gasteiger partial charge in [-0.3, -0.25) is 19.3 Å². The first-order valence-corrected chi connectivity index (χ1v) is 7.06. The highest BCUT2D eigenvalue weighted by Crippen LogP contribution is 2.25. The Labute approximate surface area is 122 Å². The summed E-state index contributed by atoms with van der Waals surface area (Å²) in [4.78, 5) is 36.9. The van der Waals surface area contributed by atoms with Gasteiger partial charge in [0, 0.05) is 30.4 Å². The minimum absolute atomic E-state index is 0.116. The average Bonchev–Trinajstić information content (AvgIpc) is 2.65. The molecule has 1 fully saturated rings. The lowest BCUT2D eigenvalue weighted by Crippen LogP contribution is -2.32. The summed E-state index contributed by atoms with van der Waals surface area (Å²) in [5.74, 6) is -1.41. The third kappa shape index (κ3) is 3.17. The van der Waals surface area contributed by atoms with Gasteiger partial charge in [0.1, 0.15) is 5.82 Å². The van der Waals surface area contributed by atoms with E-state index < -0.39 is 0 Å². The minimum atomic E-state index is -0.386. The Kier molecular flexibility index (Phi) is 4.50. The zero-order valence-electron chi connectivity index (χ0n) is 12.1. The molecule has 2 atom stereocenters. The summed E-state index contributed by atoms with van der Waals surface area (Å²) in [6, 6.07) is 5.36. The van der Waals surface area contributed by atoms with Gasteiger partial charge in [0.05, 0.1) is 0 Å². The van der Waals surface area contributed by atoms with Crippen LogP contribution in [0.25, 0.3) is 0 Å². The van der Waals surface area contributed by atoms with Crippen molar-refractivity contribution in [2.75, 3.05) is 6.54 Å². The number of ketones is 1. The number of nitrogens with zero attached hydrogens (tertiary/aromatic N) is 1. The minimum Gasteiger partial charge on any atom is -0.294 e. The van der Waals surface area contributed by atoms with Crippen LogP contribution in [0.3, 0.4) is 0 Å². The Morgan fingerprint density at radius 3 is 2.14 bits per heavy atom. The molecule has 1 aliphatic heterocycles. The predicted octanol–water partition coefficient (Wildman–Crippen LogP) is 2.43. The molecule has 1 heterocycles. The summed E-state index contributed by atoms with van der Waals surface area (Å²) in [5, 5.41) is 0. The number of carbonyl (C=O) groups is 3. The van der Waals surface area contributed by atoms with Crippen molar-refractivity contribution in [3.63, 3.8) is 0 Å². The summed E-state index contributed by atoms with van der Waals surface area (Å²) in [6.07, 6.45) is 0.651. The molecule has 0 spiro atoms. The first-order chi connectivity index (χ1) is 9.91. The number of likely N-dealkylation sites (tertiary alicyclic amines) is 1. The van der Waals surface area contributed by atoms with Gasteiger partial charge >= 0.3 is 0 Å². The summed E-state index contributed by atoms with van der Waals surface area (Å²) in [7, 11) is 0. The van der Waals surface area contributed by atoms with E-state index in [0.717, 1.165) is 0 Å². The monoisotopic (exact) mass is 291 g/mol. The second kappa shape index (κ2) is 6.16. The Bertz CT molecular complexity index is 547. The molecule has 0 radical (unpaired) electrons. The van der Waals surface area contributed by atoms with Crippen molar-refractivity contribution in [3.8, 4) is 0 Å². The van der Waals surface area contributed by atoms with Crippen molar-refractivity contribution in [2.45, 2.75) is 26.7 Å². The number of rotatable bonds is 5. The van der Waals surface area contributed by atoms with Crippen LogP contribution in [0.4, 0.5) is 4.39 Å². The highest BCUT2D eigenvalue weighted by Gasteiger charge is 2.41. The van der Waals surface area contributed by atoms with Crippen molar-refractivity contribution >= 4 is 17.6 Å². The van der Waals surface area contributed by atoms with Gasteiger partial charge in [-0.25, -0.2) is 4.39 Å². The van der Waals surface area contributed by atoms with Gasteiger partial charge in [-0.05, 0) is 30.7 Å². The van der Waals surface area contributed by atoms with Crippen molar-refractivity contribution in [3.05, 3.63) is 35.6 Å². The van der Waals surface area contributed by atoms with Crippen LogP contribution in [0.15, 0.2) is 24.3 Å². The number of hydrogen-bond donors (Lipinski definition) is 0. The molecule has 1 aromatic rings. The van der Waals surface area contributed by atoms with Crippen molar-refractivity contribution < 1.29 is 18.8 Å². The molecule has 112 valence electrons. The van der Waals surface area contributed by atoms with Gasteiger partial charge in [0.2, 0.25) is 11.8 Å². The van der Waals surface area contributed by atoms with Gasteiger partial charge < -0.3 is 0 Å². The molecule has 21 heavy (non-hydrogen) atoms. The molecule has 0 N–H and O–H groups in total. The second-order valence-corrected chi connectivity index (χ2v) is 5.44. The Morgan fingerprint density at radius 1 is 1.10 bits per heavy atom. The fourth-order valence-electron chi connectivity index (χ4n) is 2.43. The van der Waals surface area contributed by atoms with Crippen LogP contribution in [0.2, 0.25) is 0 Å². The molecule has 2 rings (SSSR count). The summed E-state index contributed by atoms with van der Waals surface area (Å²) >= 11 is 0. The van der Waals surface area contributed by atoms with E-state index >= 15 is 0 Å². The highest BCUT2D eigenvalue weighted by atomic mass is 19.1. The van der Waals surface area contributed by atoms with Gasteiger partial charge in [0.25, 0.3) is 0 Å². The smallest absolute Gasteiger partial charge is 0.232 e. The van der Waals surface area contributed by atoms with Gasteiger partial charge in [-0.1, -0.05) is 13.8 Å². The molecule has 4 nitrogen and oxygen atoms in total. The molecule has 0 aromatic heterocycles. The van der Waals surface area contributed by atoms with Gasteiger partial charge in [0.15, 0.2) is 5.78 Å². The molecular weight excluding hydrogens is 273 g/mol. The molecule has 0 saturated carbocycles. The van der Waals surface area contributed by atoms with Crippen molar-refractivity contribution in [1.82, 2.24) is 4.90 Å². The molecule has 2 amide bonds. The number of amides is 2. The summed E-state index contributed by atoms with van der Waals surface area (Å²) in [6.45, 7) is 3.75. The molecule has 2 unspecified atom stereocenters.